The van der Waals surface area contributed by atoms with Gasteiger partial charge in [-0.25, -0.2) is 4.79 Å². The van der Waals surface area contributed by atoms with Gasteiger partial charge in [0.25, 0.3) is 0 Å². The normalized spacial score (nSPS) is 20.8. The van der Waals surface area contributed by atoms with Crippen molar-refractivity contribution in [3.8, 4) is 0 Å². The molecule has 4 heterocycles. The number of hydrogen-bond donors (Lipinski definition) is 1. The molecule has 1 atom stereocenters. The van der Waals surface area contributed by atoms with E-state index in [-0.39, 0.29) is 36.2 Å². The van der Waals surface area contributed by atoms with Crippen LogP contribution in [0.4, 0.5) is 10.5 Å². The summed E-state index contributed by atoms with van der Waals surface area (Å²) in [6.07, 6.45) is 8.21. The molecule has 0 bridgehead atoms. The third-order valence-corrected chi connectivity index (χ3v) is 10.9. The van der Waals surface area contributed by atoms with Crippen LogP contribution in [-0.4, -0.2) is 88.8 Å². The van der Waals surface area contributed by atoms with Crippen LogP contribution in [0.3, 0.4) is 0 Å². The summed E-state index contributed by atoms with van der Waals surface area (Å²) in [5, 5.41) is 5.37. The van der Waals surface area contributed by atoms with Crippen molar-refractivity contribution in [3.05, 3.63) is 77.9 Å². The topological polar surface area (TPSA) is 76.2 Å². The van der Waals surface area contributed by atoms with Gasteiger partial charge in [-0.05, 0) is 86.0 Å². The van der Waals surface area contributed by atoms with Gasteiger partial charge in [0.1, 0.15) is 0 Å². The Hall–Kier alpha value is -3.91. The summed E-state index contributed by atoms with van der Waals surface area (Å²) >= 11 is 0. The Balaban J connectivity index is 1.00. The summed E-state index contributed by atoms with van der Waals surface area (Å²) in [6.45, 7) is 5.72. The maximum absolute atomic E-state index is 14.2. The Labute approximate surface area is 272 Å². The van der Waals surface area contributed by atoms with Crippen molar-refractivity contribution < 1.29 is 14.4 Å². The fraction of sp³-hybridized carbons (Fsp3) is 0.500. The van der Waals surface area contributed by atoms with Crippen molar-refractivity contribution in [2.75, 3.05) is 44.6 Å². The van der Waals surface area contributed by atoms with Gasteiger partial charge in [-0.1, -0.05) is 67.1 Å². The summed E-state index contributed by atoms with van der Waals surface area (Å²) in [4.78, 5) is 49.4. The molecule has 242 valence electrons. The van der Waals surface area contributed by atoms with Crippen molar-refractivity contribution in [2.24, 2.45) is 5.92 Å². The number of carbonyl (C=O) groups excluding carboxylic acids is 3. The lowest BCUT2D eigenvalue weighted by atomic mass is 9.91. The van der Waals surface area contributed by atoms with Crippen LogP contribution in [0.5, 0.6) is 0 Å². The van der Waals surface area contributed by atoms with E-state index >= 15 is 0 Å². The van der Waals surface area contributed by atoms with Crippen molar-refractivity contribution in [1.82, 2.24) is 19.6 Å². The number of carbonyl (C=O) groups is 3. The highest BCUT2D eigenvalue weighted by molar-refractivity contribution is 5.92. The third kappa shape index (κ3) is 6.77. The van der Waals surface area contributed by atoms with Gasteiger partial charge in [0.15, 0.2) is 0 Å². The molecule has 4 aliphatic heterocycles. The van der Waals surface area contributed by atoms with E-state index in [2.05, 4.69) is 46.6 Å². The van der Waals surface area contributed by atoms with Crippen LogP contribution < -0.4 is 5.32 Å². The number of benzene rings is 3. The van der Waals surface area contributed by atoms with Crippen LogP contribution in [0.15, 0.2) is 66.7 Å². The Morgan fingerprint density at radius 3 is 2.20 bits per heavy atom. The molecule has 0 radical (unpaired) electrons. The van der Waals surface area contributed by atoms with Gasteiger partial charge in [-0.3, -0.25) is 9.59 Å². The number of anilines is 1. The minimum Gasteiger partial charge on any atom is -0.343 e. The largest absolute Gasteiger partial charge is 0.343 e. The Morgan fingerprint density at radius 2 is 1.41 bits per heavy atom. The van der Waals surface area contributed by atoms with Crippen molar-refractivity contribution in [1.29, 1.82) is 0 Å². The summed E-state index contributed by atoms with van der Waals surface area (Å²) in [6, 6.07) is 23.3. The van der Waals surface area contributed by atoms with E-state index in [0.29, 0.717) is 32.1 Å². The summed E-state index contributed by atoms with van der Waals surface area (Å²) in [5.41, 5.74) is 3.10. The zero-order valence-electron chi connectivity index (χ0n) is 26.9. The Morgan fingerprint density at radius 1 is 0.739 bits per heavy atom. The highest BCUT2D eigenvalue weighted by Crippen LogP contribution is 2.29. The van der Waals surface area contributed by atoms with E-state index in [9.17, 15) is 14.4 Å². The van der Waals surface area contributed by atoms with Crippen LogP contribution in [0.1, 0.15) is 62.5 Å². The first kappa shape index (κ1) is 30.7. The van der Waals surface area contributed by atoms with Gasteiger partial charge < -0.3 is 24.9 Å². The zero-order chi connectivity index (χ0) is 31.5. The molecule has 4 amide bonds. The smallest absolute Gasteiger partial charge is 0.322 e. The molecular formula is C38H47N5O3. The first-order valence-corrected chi connectivity index (χ1v) is 17.5. The van der Waals surface area contributed by atoms with E-state index in [1.807, 2.05) is 45.0 Å². The second kappa shape index (κ2) is 13.8. The van der Waals surface area contributed by atoms with Gasteiger partial charge in [-0.15, -0.1) is 0 Å². The molecule has 7 rings (SSSR count). The van der Waals surface area contributed by atoms with Crippen LogP contribution in [-0.2, 0) is 22.6 Å². The molecule has 3 aromatic carbocycles. The average Bonchev–Trinajstić information content (AvgIpc) is 3.11. The number of fused-ring (bicyclic) bond motifs is 2. The summed E-state index contributed by atoms with van der Waals surface area (Å²) in [7, 11) is 0. The molecule has 0 unspecified atom stereocenters. The molecule has 8 heteroatoms. The van der Waals surface area contributed by atoms with E-state index in [1.165, 1.54) is 37.7 Å². The highest BCUT2D eigenvalue weighted by atomic mass is 16.2. The Kier molecular flexibility index (Phi) is 9.24. The van der Waals surface area contributed by atoms with Gasteiger partial charge in [0.2, 0.25) is 11.8 Å². The minimum absolute atomic E-state index is 0.0502. The summed E-state index contributed by atoms with van der Waals surface area (Å²) < 4.78 is 0. The molecule has 46 heavy (non-hydrogen) atoms. The number of rotatable bonds is 7. The first-order valence-electron chi connectivity index (χ1n) is 17.5. The molecule has 1 N–H and O–H groups in total. The molecule has 0 aliphatic carbocycles. The van der Waals surface area contributed by atoms with Gasteiger partial charge in [0, 0.05) is 56.9 Å². The quantitative estimate of drug-likeness (QED) is 0.356. The molecule has 3 aromatic rings. The zero-order valence-corrected chi connectivity index (χ0v) is 26.9. The molecule has 0 aromatic heterocycles. The van der Waals surface area contributed by atoms with E-state index in [1.54, 1.807) is 0 Å². The molecule has 0 spiro atoms. The fourth-order valence-corrected chi connectivity index (χ4v) is 8.17. The van der Waals surface area contributed by atoms with Crippen molar-refractivity contribution in [2.45, 2.75) is 76.4 Å². The molecule has 4 aliphatic rings. The number of para-hydroxylation sites is 1. The predicted molar refractivity (Wildman–Crippen MR) is 181 cm³/mol. The number of amides is 4. The lowest BCUT2D eigenvalue weighted by molar-refractivity contribution is -0.143. The fourth-order valence-electron chi connectivity index (χ4n) is 8.17. The van der Waals surface area contributed by atoms with Gasteiger partial charge >= 0.3 is 6.03 Å². The monoisotopic (exact) mass is 621 g/mol. The number of urea groups is 1. The maximum atomic E-state index is 14.2. The predicted octanol–water partition coefficient (Wildman–Crippen LogP) is 5.90. The van der Waals surface area contributed by atoms with Crippen LogP contribution in [0.25, 0.3) is 10.8 Å². The second-order valence-electron chi connectivity index (χ2n) is 13.8. The van der Waals surface area contributed by atoms with Crippen LogP contribution in [0.2, 0.25) is 0 Å². The standard InChI is InChI=1S/C38H47N5O3/c44-36(41-20-16-34(17-21-41)43-27-31-10-4-5-11-35(31)39-38(43)46)26-32(25-28-12-13-29-8-2-3-9-30(29)24-28)37(45)42-22-14-33(15-23-42)40-18-6-1-7-19-40/h2-5,8-13,24,32-34H,1,6-7,14-23,25-27H2,(H,39,46)/t32-/m1/s1. The third-order valence-electron chi connectivity index (χ3n) is 10.9. The SMILES string of the molecule is O=C(C[C@@H](Cc1ccc2ccccc2c1)C(=O)N1CCC(N2CCCCC2)CC1)N1CCC(N2Cc3ccccc3NC2=O)CC1. The summed E-state index contributed by atoms with van der Waals surface area (Å²) in [5.74, 6) is -0.214. The van der Waals surface area contributed by atoms with Crippen molar-refractivity contribution >= 4 is 34.3 Å². The van der Waals surface area contributed by atoms with E-state index in [4.69, 9.17) is 0 Å². The molecule has 3 saturated heterocycles. The first-order chi connectivity index (χ1) is 22.5. The second-order valence-corrected chi connectivity index (χ2v) is 13.8. The number of nitrogens with zero attached hydrogens (tertiary/aromatic N) is 4. The number of hydrogen-bond acceptors (Lipinski definition) is 4. The number of piperidine rings is 3. The highest BCUT2D eigenvalue weighted by Gasteiger charge is 2.36. The number of nitrogens with one attached hydrogen (secondary N) is 1. The van der Waals surface area contributed by atoms with E-state index < -0.39 is 0 Å². The lowest BCUT2D eigenvalue weighted by Gasteiger charge is -2.41. The molecule has 8 nitrogen and oxygen atoms in total. The Bertz CT molecular complexity index is 1550. The van der Waals surface area contributed by atoms with Crippen LogP contribution >= 0.6 is 0 Å². The average molecular weight is 622 g/mol. The lowest BCUT2D eigenvalue weighted by Crippen LogP contribution is -2.52. The van der Waals surface area contributed by atoms with Gasteiger partial charge in [-0.2, -0.15) is 0 Å². The van der Waals surface area contributed by atoms with E-state index in [0.717, 1.165) is 61.0 Å². The molecule has 3 fully saturated rings. The number of likely N-dealkylation sites (tertiary alicyclic amines) is 3. The van der Waals surface area contributed by atoms with Crippen molar-refractivity contribution in [3.63, 3.8) is 0 Å². The maximum Gasteiger partial charge on any atom is 0.322 e. The molecular weight excluding hydrogens is 574 g/mol. The van der Waals surface area contributed by atoms with Crippen LogP contribution in [0, 0.1) is 5.92 Å². The molecule has 0 saturated carbocycles. The minimum atomic E-state index is -0.387. The van der Waals surface area contributed by atoms with Gasteiger partial charge in [0.05, 0.1) is 5.92 Å².